The van der Waals surface area contributed by atoms with Gasteiger partial charge in [0.05, 0.1) is 18.2 Å². The Labute approximate surface area is 221 Å². The van der Waals surface area contributed by atoms with E-state index in [-0.39, 0.29) is 0 Å². The molecule has 0 aliphatic heterocycles. The molecule has 186 valence electrons. The second-order valence-corrected chi connectivity index (χ2v) is 9.99. The summed E-state index contributed by atoms with van der Waals surface area (Å²) in [6.45, 7) is 6.58. The fourth-order valence-electron chi connectivity index (χ4n) is 5.03. The zero-order valence-corrected chi connectivity index (χ0v) is 22.1. The summed E-state index contributed by atoms with van der Waals surface area (Å²) >= 11 is 6.12. The molecule has 0 saturated heterocycles. The number of allylic oxidation sites excluding steroid dienone is 1. The predicted octanol–water partition coefficient (Wildman–Crippen LogP) is 8.67. The zero-order chi connectivity index (χ0) is 25.3. The van der Waals surface area contributed by atoms with Crippen LogP contribution in [0.2, 0.25) is 5.02 Å². The number of aryl methyl sites for hydroxylation is 1. The lowest BCUT2D eigenvalue weighted by Gasteiger charge is -2.24. The van der Waals surface area contributed by atoms with Crippen LogP contribution in [-0.4, -0.2) is 19.7 Å². The molecule has 0 aromatic heterocycles. The average Bonchev–Trinajstić information content (AvgIpc) is 2.91. The summed E-state index contributed by atoms with van der Waals surface area (Å²) in [6.07, 6.45) is 8.66. The molecule has 0 amide bonds. The molecule has 0 radical (unpaired) electrons. The molecule has 4 rings (SSSR count). The van der Waals surface area contributed by atoms with Gasteiger partial charge in [-0.15, -0.1) is 0 Å². The van der Waals surface area contributed by atoms with E-state index in [9.17, 15) is 5.26 Å². The van der Waals surface area contributed by atoms with Crippen molar-refractivity contribution in [2.45, 2.75) is 51.9 Å². The highest BCUT2D eigenvalue weighted by molar-refractivity contribution is 6.30. The molecule has 1 fully saturated rings. The molecule has 0 bridgehead atoms. The normalized spacial score (nSPS) is 14.3. The third-order valence-corrected chi connectivity index (χ3v) is 7.38. The topological polar surface area (TPSA) is 36.3 Å². The van der Waals surface area contributed by atoms with E-state index in [4.69, 9.17) is 16.3 Å². The second-order valence-electron chi connectivity index (χ2n) is 9.55. The molecule has 0 atom stereocenters. The van der Waals surface area contributed by atoms with Crippen LogP contribution >= 0.6 is 11.6 Å². The van der Waals surface area contributed by atoms with Gasteiger partial charge in [0.15, 0.2) is 0 Å². The molecule has 0 heterocycles. The van der Waals surface area contributed by atoms with Gasteiger partial charge in [-0.05, 0) is 97.3 Å². The highest BCUT2D eigenvalue weighted by Gasteiger charge is 2.15. The predicted molar refractivity (Wildman–Crippen MR) is 152 cm³/mol. The van der Waals surface area contributed by atoms with Crippen LogP contribution in [-0.2, 0) is 0 Å². The number of halogens is 1. The summed E-state index contributed by atoms with van der Waals surface area (Å²) < 4.78 is 6.08. The Kier molecular flexibility index (Phi) is 9.09. The van der Waals surface area contributed by atoms with Crippen molar-refractivity contribution in [1.82, 2.24) is 0 Å². The lowest BCUT2D eigenvalue weighted by Crippen LogP contribution is -2.28. The number of rotatable bonds is 9. The van der Waals surface area contributed by atoms with Crippen LogP contribution in [0.3, 0.4) is 0 Å². The minimum Gasteiger partial charge on any atom is -0.492 e. The van der Waals surface area contributed by atoms with E-state index in [1.165, 1.54) is 37.7 Å². The zero-order valence-electron chi connectivity index (χ0n) is 21.3. The van der Waals surface area contributed by atoms with Crippen molar-refractivity contribution in [2.75, 3.05) is 24.6 Å². The fourth-order valence-corrected chi connectivity index (χ4v) is 5.22. The van der Waals surface area contributed by atoms with Crippen LogP contribution in [0, 0.1) is 18.3 Å². The largest absolute Gasteiger partial charge is 0.492 e. The Bertz CT molecular complexity index is 1220. The van der Waals surface area contributed by atoms with E-state index in [1.807, 2.05) is 30.3 Å². The Hall–Kier alpha value is -3.22. The van der Waals surface area contributed by atoms with Crippen LogP contribution in [0.5, 0.6) is 5.75 Å². The molecular formula is C32H35ClN2O. The van der Waals surface area contributed by atoms with Crippen LogP contribution < -0.4 is 9.64 Å². The molecule has 3 aromatic rings. The minimum absolute atomic E-state index is 0.601. The first-order chi connectivity index (χ1) is 17.6. The van der Waals surface area contributed by atoms with Gasteiger partial charge in [-0.3, -0.25) is 0 Å². The maximum atomic E-state index is 9.69. The molecule has 4 heteroatoms. The lowest BCUT2D eigenvalue weighted by molar-refractivity contribution is 0.324. The summed E-state index contributed by atoms with van der Waals surface area (Å²) in [5, 5.41) is 10.3. The first-order valence-corrected chi connectivity index (χ1v) is 13.4. The highest BCUT2D eigenvalue weighted by Crippen LogP contribution is 2.33. The minimum atomic E-state index is 0.601. The molecule has 0 spiro atoms. The van der Waals surface area contributed by atoms with Gasteiger partial charge in [0.2, 0.25) is 0 Å². The number of ether oxygens (including phenoxy) is 1. The van der Waals surface area contributed by atoms with Gasteiger partial charge in [-0.2, -0.15) is 5.26 Å². The number of anilines is 1. The molecule has 1 aliphatic carbocycles. The monoisotopic (exact) mass is 498 g/mol. The maximum absolute atomic E-state index is 9.69. The van der Waals surface area contributed by atoms with Crippen molar-refractivity contribution >= 4 is 28.9 Å². The molecule has 1 aliphatic rings. The number of benzene rings is 3. The van der Waals surface area contributed by atoms with Gasteiger partial charge in [-0.1, -0.05) is 61.2 Å². The second kappa shape index (κ2) is 12.7. The summed E-state index contributed by atoms with van der Waals surface area (Å²) in [6, 6.07) is 24.8. The average molecular weight is 499 g/mol. The van der Waals surface area contributed by atoms with E-state index in [0.717, 1.165) is 47.1 Å². The fraction of sp³-hybridized carbons (Fsp3) is 0.344. The maximum Gasteiger partial charge on any atom is 0.119 e. The Balaban J connectivity index is 1.37. The summed E-state index contributed by atoms with van der Waals surface area (Å²) in [4.78, 5) is 2.32. The number of hydrogen-bond acceptors (Lipinski definition) is 3. The van der Waals surface area contributed by atoms with Gasteiger partial charge in [0.25, 0.3) is 0 Å². The molecule has 3 aromatic carbocycles. The smallest absolute Gasteiger partial charge is 0.119 e. The van der Waals surface area contributed by atoms with E-state index >= 15 is 0 Å². The Morgan fingerprint density at radius 2 is 1.83 bits per heavy atom. The highest BCUT2D eigenvalue weighted by atomic mass is 35.5. The van der Waals surface area contributed by atoms with Crippen LogP contribution in [0.25, 0.3) is 11.6 Å². The van der Waals surface area contributed by atoms with Crippen molar-refractivity contribution in [1.29, 1.82) is 5.26 Å². The first-order valence-electron chi connectivity index (χ1n) is 13.0. The summed E-state index contributed by atoms with van der Waals surface area (Å²) in [7, 11) is 0. The number of hydrogen-bond donors (Lipinski definition) is 0. The SMILES string of the molecule is CCN(CCOc1ccc(C2CCCCC2)cc1)c1ccc(/C=C(\C#N)c2cccc(Cl)c2)c(C)c1. The first kappa shape index (κ1) is 25.9. The van der Waals surface area contributed by atoms with Gasteiger partial charge >= 0.3 is 0 Å². The van der Waals surface area contributed by atoms with E-state index in [0.29, 0.717) is 17.2 Å². The molecular weight excluding hydrogens is 464 g/mol. The third kappa shape index (κ3) is 6.71. The molecule has 0 unspecified atom stereocenters. The van der Waals surface area contributed by atoms with Crippen LogP contribution in [0.15, 0.2) is 66.7 Å². The lowest BCUT2D eigenvalue weighted by atomic mass is 9.84. The molecule has 3 nitrogen and oxygen atoms in total. The van der Waals surface area contributed by atoms with E-state index in [1.54, 1.807) is 0 Å². The van der Waals surface area contributed by atoms with E-state index < -0.39 is 0 Å². The third-order valence-electron chi connectivity index (χ3n) is 7.14. The van der Waals surface area contributed by atoms with Crippen LogP contribution in [0.4, 0.5) is 5.69 Å². The number of nitrogens with zero attached hydrogens (tertiary/aromatic N) is 2. The van der Waals surface area contributed by atoms with Crippen LogP contribution in [0.1, 0.15) is 67.2 Å². The number of likely N-dealkylation sites (N-methyl/N-ethyl adjacent to an activating group) is 1. The number of nitriles is 1. The van der Waals surface area contributed by atoms with E-state index in [2.05, 4.69) is 67.3 Å². The standard InChI is InChI=1S/C32H35ClN2O/c1-3-35(18-19-36-32-16-13-26(14-17-32)25-8-5-4-6-9-25)31-15-12-27(24(2)20-31)21-29(23-34)28-10-7-11-30(33)22-28/h7,10-17,20-22,25H,3-6,8-9,18-19H2,1-2H3/b29-21+. The molecule has 36 heavy (non-hydrogen) atoms. The summed E-state index contributed by atoms with van der Waals surface area (Å²) in [5.41, 5.74) is 6.19. The van der Waals surface area contributed by atoms with Gasteiger partial charge in [0.1, 0.15) is 12.4 Å². The Morgan fingerprint density at radius 3 is 2.50 bits per heavy atom. The summed E-state index contributed by atoms with van der Waals surface area (Å²) in [5.74, 6) is 1.66. The molecule has 1 saturated carbocycles. The molecule has 0 N–H and O–H groups in total. The Morgan fingerprint density at radius 1 is 1.06 bits per heavy atom. The quantitative estimate of drug-likeness (QED) is 0.218. The van der Waals surface area contributed by atoms with Crippen molar-refractivity contribution in [3.05, 3.63) is 94.0 Å². The van der Waals surface area contributed by atoms with Crippen molar-refractivity contribution in [3.8, 4) is 11.8 Å². The van der Waals surface area contributed by atoms with Gasteiger partial charge < -0.3 is 9.64 Å². The van der Waals surface area contributed by atoms with Crippen molar-refractivity contribution in [3.63, 3.8) is 0 Å². The van der Waals surface area contributed by atoms with Gasteiger partial charge in [-0.25, -0.2) is 0 Å². The van der Waals surface area contributed by atoms with Crippen molar-refractivity contribution < 1.29 is 4.74 Å². The van der Waals surface area contributed by atoms with Gasteiger partial charge in [0, 0.05) is 17.3 Å². The van der Waals surface area contributed by atoms with Crippen molar-refractivity contribution in [2.24, 2.45) is 0 Å².